The molecule has 0 amide bonds. The molecule has 3 nitrogen and oxygen atoms in total. The van der Waals surface area contributed by atoms with Crippen molar-refractivity contribution in [3.05, 3.63) is 0 Å². The fourth-order valence-corrected chi connectivity index (χ4v) is 1.59. The molecule has 0 aromatic heterocycles. The summed E-state index contributed by atoms with van der Waals surface area (Å²) in [6.45, 7) is 7.39. The molecule has 0 saturated heterocycles. The van der Waals surface area contributed by atoms with E-state index >= 15 is 0 Å². The number of nitrogens with zero attached hydrogens (tertiary/aromatic N) is 1. The van der Waals surface area contributed by atoms with Crippen molar-refractivity contribution in [1.82, 2.24) is 15.5 Å². The van der Waals surface area contributed by atoms with E-state index in [1.54, 1.807) is 0 Å². The van der Waals surface area contributed by atoms with Gasteiger partial charge in [-0.05, 0) is 46.6 Å². The van der Waals surface area contributed by atoms with E-state index in [0.717, 1.165) is 18.1 Å². The predicted octanol–water partition coefficient (Wildman–Crippen LogP) is 1.20. The summed E-state index contributed by atoms with van der Waals surface area (Å²) >= 11 is 5.18. The quantitative estimate of drug-likeness (QED) is 0.677. The summed E-state index contributed by atoms with van der Waals surface area (Å²) in [5.41, 5.74) is 0. The van der Waals surface area contributed by atoms with Crippen molar-refractivity contribution in [2.24, 2.45) is 0 Å². The van der Waals surface area contributed by atoms with Crippen LogP contribution in [0.1, 0.15) is 27.2 Å². The number of hydrogen-bond acceptors (Lipinski definition) is 2. The highest BCUT2D eigenvalue weighted by Crippen LogP contribution is 1.89. The van der Waals surface area contributed by atoms with E-state index in [1.165, 1.54) is 0 Å². The molecule has 0 aromatic carbocycles. The molecule has 2 unspecified atom stereocenters. The average molecular weight is 217 g/mol. The van der Waals surface area contributed by atoms with E-state index in [2.05, 4.69) is 50.4 Å². The number of likely N-dealkylation sites (N-methyl/N-ethyl adjacent to an activating group) is 1. The topological polar surface area (TPSA) is 27.3 Å². The Kier molecular flexibility index (Phi) is 6.83. The second-order valence-electron chi connectivity index (χ2n) is 4.09. The highest BCUT2D eigenvalue weighted by atomic mass is 32.1. The Morgan fingerprint density at radius 3 is 2.14 bits per heavy atom. The van der Waals surface area contributed by atoms with Crippen molar-refractivity contribution >= 4 is 17.3 Å². The molecule has 2 atom stereocenters. The van der Waals surface area contributed by atoms with Crippen LogP contribution in [0, 0.1) is 0 Å². The van der Waals surface area contributed by atoms with Crippen LogP contribution in [0.25, 0.3) is 0 Å². The Bertz CT molecular complexity index is 171. The molecule has 0 radical (unpaired) electrons. The van der Waals surface area contributed by atoms with Crippen LogP contribution in [0.2, 0.25) is 0 Å². The Labute approximate surface area is 93.2 Å². The van der Waals surface area contributed by atoms with Gasteiger partial charge in [-0.15, -0.1) is 0 Å². The molecule has 0 aliphatic rings. The summed E-state index contributed by atoms with van der Waals surface area (Å²) < 4.78 is 0. The van der Waals surface area contributed by atoms with E-state index in [4.69, 9.17) is 12.2 Å². The lowest BCUT2D eigenvalue weighted by Gasteiger charge is -2.22. The van der Waals surface area contributed by atoms with Gasteiger partial charge in [-0.3, -0.25) is 0 Å². The monoisotopic (exact) mass is 217 g/mol. The maximum Gasteiger partial charge on any atom is 0.166 e. The van der Waals surface area contributed by atoms with Gasteiger partial charge in [0.1, 0.15) is 0 Å². The first kappa shape index (κ1) is 13.7. The minimum atomic E-state index is 0.383. The highest BCUT2D eigenvalue weighted by molar-refractivity contribution is 7.80. The molecule has 0 aliphatic heterocycles. The fourth-order valence-electron chi connectivity index (χ4n) is 1.18. The van der Waals surface area contributed by atoms with Gasteiger partial charge in [0.15, 0.2) is 5.11 Å². The normalized spacial score (nSPS) is 15.0. The first-order valence-electron chi connectivity index (χ1n) is 5.17. The Balaban J connectivity index is 3.71. The van der Waals surface area contributed by atoms with E-state index < -0.39 is 0 Å². The maximum absolute atomic E-state index is 5.18. The standard InChI is InChI=1S/C10H23N3S/c1-6-8(2)11-10(14)12-9(3)7-13(4)5/h8-9H,6-7H2,1-5H3,(H2,11,12,14). The van der Waals surface area contributed by atoms with Gasteiger partial charge in [-0.1, -0.05) is 6.92 Å². The van der Waals surface area contributed by atoms with Crippen LogP contribution in [0.3, 0.4) is 0 Å². The van der Waals surface area contributed by atoms with Gasteiger partial charge in [-0.2, -0.15) is 0 Å². The Morgan fingerprint density at radius 2 is 1.71 bits per heavy atom. The van der Waals surface area contributed by atoms with Gasteiger partial charge < -0.3 is 15.5 Å². The summed E-state index contributed by atoms with van der Waals surface area (Å²) in [6.07, 6.45) is 1.09. The van der Waals surface area contributed by atoms with Crippen LogP contribution in [-0.2, 0) is 0 Å². The smallest absolute Gasteiger partial charge is 0.166 e. The van der Waals surface area contributed by atoms with Crippen molar-refractivity contribution in [2.45, 2.75) is 39.3 Å². The summed E-state index contributed by atoms with van der Waals surface area (Å²) in [4.78, 5) is 2.14. The zero-order chi connectivity index (χ0) is 11.1. The zero-order valence-corrected chi connectivity index (χ0v) is 10.7. The summed E-state index contributed by atoms with van der Waals surface area (Å²) in [6, 6.07) is 0.829. The molecule has 84 valence electrons. The van der Waals surface area contributed by atoms with Crippen LogP contribution in [0.5, 0.6) is 0 Å². The van der Waals surface area contributed by atoms with Crippen molar-refractivity contribution in [3.63, 3.8) is 0 Å². The second-order valence-corrected chi connectivity index (χ2v) is 4.50. The van der Waals surface area contributed by atoms with Gasteiger partial charge in [0.2, 0.25) is 0 Å². The molecule has 0 saturated carbocycles. The van der Waals surface area contributed by atoms with Crippen molar-refractivity contribution < 1.29 is 0 Å². The lowest BCUT2D eigenvalue weighted by Crippen LogP contribution is -2.47. The minimum absolute atomic E-state index is 0.383. The first-order chi connectivity index (χ1) is 6.45. The largest absolute Gasteiger partial charge is 0.360 e. The third kappa shape index (κ3) is 7.09. The fraction of sp³-hybridized carbons (Fsp3) is 0.900. The molecule has 0 rings (SSSR count). The van der Waals surface area contributed by atoms with Crippen molar-refractivity contribution in [2.75, 3.05) is 20.6 Å². The van der Waals surface area contributed by atoms with Gasteiger partial charge in [0.05, 0.1) is 0 Å². The van der Waals surface area contributed by atoms with Crippen LogP contribution >= 0.6 is 12.2 Å². The molecule has 14 heavy (non-hydrogen) atoms. The van der Waals surface area contributed by atoms with Crippen molar-refractivity contribution in [1.29, 1.82) is 0 Å². The molecule has 0 aliphatic carbocycles. The van der Waals surface area contributed by atoms with Crippen molar-refractivity contribution in [3.8, 4) is 0 Å². The molecule has 0 fully saturated rings. The minimum Gasteiger partial charge on any atom is -0.360 e. The summed E-state index contributed by atoms with van der Waals surface area (Å²) in [5, 5.41) is 7.25. The number of hydrogen-bond donors (Lipinski definition) is 2. The Hall–Kier alpha value is -0.350. The molecule has 4 heteroatoms. The summed E-state index contributed by atoms with van der Waals surface area (Å²) in [5.74, 6) is 0. The van der Waals surface area contributed by atoms with E-state index in [0.29, 0.717) is 12.1 Å². The molecule has 0 aromatic rings. The molecular weight excluding hydrogens is 194 g/mol. The lowest BCUT2D eigenvalue weighted by molar-refractivity contribution is 0.369. The Morgan fingerprint density at radius 1 is 1.21 bits per heavy atom. The molecular formula is C10H23N3S. The number of rotatable bonds is 5. The highest BCUT2D eigenvalue weighted by Gasteiger charge is 2.06. The molecule has 2 N–H and O–H groups in total. The average Bonchev–Trinajstić information content (AvgIpc) is 2.01. The predicted molar refractivity (Wildman–Crippen MR) is 66.6 cm³/mol. The first-order valence-corrected chi connectivity index (χ1v) is 5.58. The van der Waals surface area contributed by atoms with E-state index in [-0.39, 0.29) is 0 Å². The van der Waals surface area contributed by atoms with Crippen LogP contribution in [0.15, 0.2) is 0 Å². The van der Waals surface area contributed by atoms with Crippen LogP contribution < -0.4 is 10.6 Å². The van der Waals surface area contributed by atoms with Gasteiger partial charge in [0.25, 0.3) is 0 Å². The van der Waals surface area contributed by atoms with Gasteiger partial charge >= 0.3 is 0 Å². The SMILES string of the molecule is CCC(C)NC(=S)NC(C)CN(C)C. The zero-order valence-electron chi connectivity index (χ0n) is 9.92. The number of thiocarbonyl (C=S) groups is 1. The van der Waals surface area contributed by atoms with Gasteiger partial charge in [-0.25, -0.2) is 0 Å². The lowest BCUT2D eigenvalue weighted by atomic mass is 10.3. The second kappa shape index (κ2) is 7.01. The number of nitrogens with one attached hydrogen (secondary N) is 2. The third-order valence-electron chi connectivity index (χ3n) is 2.01. The van der Waals surface area contributed by atoms with E-state index in [1.807, 2.05) is 0 Å². The molecule has 0 bridgehead atoms. The van der Waals surface area contributed by atoms with Crippen LogP contribution in [-0.4, -0.2) is 42.7 Å². The van der Waals surface area contributed by atoms with E-state index in [9.17, 15) is 0 Å². The molecule has 0 spiro atoms. The van der Waals surface area contributed by atoms with Crippen LogP contribution in [0.4, 0.5) is 0 Å². The molecule has 0 heterocycles. The maximum atomic E-state index is 5.18. The third-order valence-corrected chi connectivity index (χ3v) is 2.24. The van der Waals surface area contributed by atoms with Gasteiger partial charge in [0, 0.05) is 18.6 Å². The summed E-state index contributed by atoms with van der Waals surface area (Å²) in [7, 11) is 4.12.